The van der Waals surface area contributed by atoms with E-state index < -0.39 is 0 Å². The maximum Gasteiger partial charge on any atom is 0.239 e. The number of amides is 2. The Balaban J connectivity index is 1.39. The van der Waals surface area contributed by atoms with Crippen LogP contribution < -0.4 is 0 Å². The van der Waals surface area contributed by atoms with Crippen molar-refractivity contribution >= 4 is 11.8 Å². The van der Waals surface area contributed by atoms with Crippen LogP contribution in [0.4, 0.5) is 0 Å². The predicted molar refractivity (Wildman–Crippen MR) is 106 cm³/mol. The standard InChI is InChI=1S/C21H31N5O2/c1-15(24-8-4-3-5-9-24)21(28)26-10-6-17(13-26)20-22-12-18-14-25(16(2)27)11-7-19(18)23-20/h12,15,17H,3-11,13-14H2,1-2H3/t15-,17-/m1/s1. The summed E-state index contributed by atoms with van der Waals surface area (Å²) in [6.07, 6.45) is 7.27. The van der Waals surface area contributed by atoms with Gasteiger partial charge in [0.1, 0.15) is 5.82 Å². The van der Waals surface area contributed by atoms with Crippen LogP contribution in [0.15, 0.2) is 6.20 Å². The fraction of sp³-hybridized carbons (Fsp3) is 0.714. The minimum absolute atomic E-state index is 0.0268. The first-order valence-corrected chi connectivity index (χ1v) is 10.7. The van der Waals surface area contributed by atoms with Crippen molar-refractivity contribution in [3.8, 4) is 0 Å². The molecule has 3 aliphatic rings. The quantitative estimate of drug-likeness (QED) is 0.790. The summed E-state index contributed by atoms with van der Waals surface area (Å²) in [5.74, 6) is 1.42. The lowest BCUT2D eigenvalue weighted by atomic mass is 10.0. The van der Waals surface area contributed by atoms with Gasteiger partial charge in [-0.1, -0.05) is 6.42 Å². The van der Waals surface area contributed by atoms with E-state index in [2.05, 4.69) is 16.8 Å². The molecular formula is C21H31N5O2. The molecule has 2 fully saturated rings. The second-order valence-corrected chi connectivity index (χ2v) is 8.43. The van der Waals surface area contributed by atoms with Crippen molar-refractivity contribution in [1.29, 1.82) is 0 Å². The van der Waals surface area contributed by atoms with Gasteiger partial charge in [-0.2, -0.15) is 0 Å². The van der Waals surface area contributed by atoms with E-state index >= 15 is 0 Å². The molecule has 4 rings (SSSR count). The molecule has 0 unspecified atom stereocenters. The van der Waals surface area contributed by atoms with Crippen molar-refractivity contribution in [2.45, 2.75) is 64.5 Å². The molecule has 1 aromatic rings. The summed E-state index contributed by atoms with van der Waals surface area (Å²) in [7, 11) is 0. The van der Waals surface area contributed by atoms with Gasteiger partial charge in [0, 0.05) is 57.2 Å². The highest BCUT2D eigenvalue weighted by Crippen LogP contribution is 2.27. The van der Waals surface area contributed by atoms with Gasteiger partial charge in [-0.3, -0.25) is 14.5 Å². The molecule has 0 aliphatic carbocycles. The Kier molecular flexibility index (Phi) is 5.62. The van der Waals surface area contributed by atoms with Gasteiger partial charge in [0.25, 0.3) is 0 Å². The van der Waals surface area contributed by atoms with Crippen LogP contribution in [0, 0.1) is 0 Å². The van der Waals surface area contributed by atoms with E-state index in [1.807, 2.05) is 16.0 Å². The van der Waals surface area contributed by atoms with E-state index in [0.717, 1.165) is 62.6 Å². The normalized spacial score (nSPS) is 24.1. The van der Waals surface area contributed by atoms with Gasteiger partial charge < -0.3 is 9.80 Å². The van der Waals surface area contributed by atoms with Gasteiger partial charge in [-0.05, 0) is 39.3 Å². The van der Waals surface area contributed by atoms with Gasteiger partial charge in [0.15, 0.2) is 0 Å². The van der Waals surface area contributed by atoms with Crippen molar-refractivity contribution in [1.82, 2.24) is 24.7 Å². The number of aromatic nitrogens is 2. The van der Waals surface area contributed by atoms with Crippen LogP contribution in [0.3, 0.4) is 0 Å². The molecule has 2 amide bonds. The molecule has 0 bridgehead atoms. The third-order valence-electron chi connectivity index (χ3n) is 6.56. The Morgan fingerprint density at radius 1 is 1.11 bits per heavy atom. The summed E-state index contributed by atoms with van der Waals surface area (Å²) in [4.78, 5) is 40.1. The SMILES string of the molecule is CC(=O)N1CCc2nc([C@@H]3CCN(C(=O)[C@@H](C)N4CCCCC4)C3)ncc2C1. The zero-order chi connectivity index (χ0) is 19.7. The molecule has 0 radical (unpaired) electrons. The maximum atomic E-state index is 13.0. The van der Waals surface area contributed by atoms with Crippen LogP contribution in [-0.2, 0) is 22.6 Å². The molecule has 7 heteroatoms. The number of nitrogens with zero attached hydrogens (tertiary/aromatic N) is 5. The lowest BCUT2D eigenvalue weighted by Crippen LogP contribution is -2.48. The number of carbonyl (C=O) groups excluding carboxylic acids is 2. The zero-order valence-corrected chi connectivity index (χ0v) is 17.1. The molecule has 7 nitrogen and oxygen atoms in total. The minimum atomic E-state index is -0.0268. The first kappa shape index (κ1) is 19.3. The van der Waals surface area contributed by atoms with Crippen LogP contribution in [0.5, 0.6) is 0 Å². The van der Waals surface area contributed by atoms with Gasteiger partial charge >= 0.3 is 0 Å². The van der Waals surface area contributed by atoms with Crippen LogP contribution in [0.25, 0.3) is 0 Å². The summed E-state index contributed by atoms with van der Waals surface area (Å²) in [6.45, 7) is 8.57. The molecule has 2 atom stereocenters. The summed E-state index contributed by atoms with van der Waals surface area (Å²) >= 11 is 0. The van der Waals surface area contributed by atoms with Crippen molar-refractivity contribution in [2.24, 2.45) is 0 Å². The Morgan fingerprint density at radius 2 is 1.89 bits per heavy atom. The van der Waals surface area contributed by atoms with E-state index in [1.54, 1.807) is 6.92 Å². The Morgan fingerprint density at radius 3 is 2.64 bits per heavy atom. The average Bonchev–Trinajstić information content (AvgIpc) is 3.22. The van der Waals surface area contributed by atoms with Gasteiger partial charge in [-0.25, -0.2) is 9.97 Å². The van der Waals surface area contributed by atoms with E-state index in [9.17, 15) is 9.59 Å². The lowest BCUT2D eigenvalue weighted by Gasteiger charge is -2.33. The van der Waals surface area contributed by atoms with Crippen molar-refractivity contribution < 1.29 is 9.59 Å². The summed E-state index contributed by atoms with van der Waals surface area (Å²) in [5.41, 5.74) is 2.11. The molecule has 152 valence electrons. The van der Waals surface area contributed by atoms with E-state index in [-0.39, 0.29) is 23.8 Å². The predicted octanol–water partition coefficient (Wildman–Crippen LogP) is 1.57. The smallest absolute Gasteiger partial charge is 0.239 e. The lowest BCUT2D eigenvalue weighted by molar-refractivity contribution is -0.135. The van der Waals surface area contributed by atoms with E-state index in [4.69, 9.17) is 4.98 Å². The van der Waals surface area contributed by atoms with Gasteiger partial charge in [0.2, 0.25) is 11.8 Å². The first-order chi connectivity index (χ1) is 13.5. The molecular weight excluding hydrogens is 354 g/mol. The second kappa shape index (κ2) is 8.15. The van der Waals surface area contributed by atoms with Crippen molar-refractivity contribution in [3.63, 3.8) is 0 Å². The minimum Gasteiger partial charge on any atom is -0.341 e. The first-order valence-electron chi connectivity index (χ1n) is 10.7. The number of piperidine rings is 1. The van der Waals surface area contributed by atoms with Crippen LogP contribution >= 0.6 is 0 Å². The van der Waals surface area contributed by atoms with Crippen LogP contribution in [-0.4, -0.2) is 75.2 Å². The second-order valence-electron chi connectivity index (χ2n) is 8.43. The van der Waals surface area contributed by atoms with Gasteiger partial charge in [0.05, 0.1) is 11.7 Å². The third-order valence-corrected chi connectivity index (χ3v) is 6.56. The summed E-state index contributed by atoms with van der Waals surface area (Å²) in [6, 6.07) is -0.0268. The van der Waals surface area contributed by atoms with E-state index in [0.29, 0.717) is 6.54 Å². The molecule has 0 saturated carbocycles. The van der Waals surface area contributed by atoms with Crippen LogP contribution in [0.2, 0.25) is 0 Å². The zero-order valence-electron chi connectivity index (χ0n) is 17.1. The third kappa shape index (κ3) is 3.90. The molecule has 28 heavy (non-hydrogen) atoms. The maximum absolute atomic E-state index is 13.0. The Hall–Kier alpha value is -2.02. The number of hydrogen-bond donors (Lipinski definition) is 0. The van der Waals surface area contributed by atoms with Crippen LogP contribution in [0.1, 0.15) is 62.5 Å². The number of rotatable bonds is 3. The fourth-order valence-corrected chi connectivity index (χ4v) is 4.69. The monoisotopic (exact) mass is 385 g/mol. The molecule has 0 spiro atoms. The number of carbonyl (C=O) groups is 2. The Bertz CT molecular complexity index is 746. The number of hydrogen-bond acceptors (Lipinski definition) is 5. The fourth-order valence-electron chi connectivity index (χ4n) is 4.69. The summed E-state index contributed by atoms with van der Waals surface area (Å²) in [5, 5.41) is 0. The highest BCUT2D eigenvalue weighted by atomic mass is 16.2. The van der Waals surface area contributed by atoms with E-state index in [1.165, 1.54) is 19.3 Å². The van der Waals surface area contributed by atoms with Crippen molar-refractivity contribution in [2.75, 3.05) is 32.7 Å². The highest BCUT2D eigenvalue weighted by molar-refractivity contribution is 5.81. The number of fused-ring (bicyclic) bond motifs is 1. The Labute approximate surface area is 167 Å². The molecule has 1 aromatic heterocycles. The molecule has 2 saturated heterocycles. The topological polar surface area (TPSA) is 69.6 Å². The molecule has 4 heterocycles. The van der Waals surface area contributed by atoms with Crippen molar-refractivity contribution in [3.05, 3.63) is 23.3 Å². The number of likely N-dealkylation sites (tertiary alicyclic amines) is 2. The highest BCUT2D eigenvalue weighted by Gasteiger charge is 2.34. The van der Waals surface area contributed by atoms with Gasteiger partial charge in [-0.15, -0.1) is 0 Å². The largest absolute Gasteiger partial charge is 0.341 e. The average molecular weight is 386 g/mol. The summed E-state index contributed by atoms with van der Waals surface area (Å²) < 4.78 is 0. The molecule has 3 aliphatic heterocycles. The molecule has 0 N–H and O–H groups in total. The molecule has 0 aromatic carbocycles.